The van der Waals surface area contributed by atoms with Crippen molar-refractivity contribution in [3.8, 4) is 11.4 Å². The topological polar surface area (TPSA) is 59.8 Å². The average molecular weight is 414 g/mol. The fourth-order valence-electron chi connectivity index (χ4n) is 2.61. The van der Waals surface area contributed by atoms with E-state index in [1.165, 1.54) is 30.0 Å². The summed E-state index contributed by atoms with van der Waals surface area (Å²) in [6, 6.07) is 10.5. The number of hydrogen-bond acceptors (Lipinski definition) is 4. The average Bonchev–Trinajstić information content (AvgIpc) is 3.08. The van der Waals surface area contributed by atoms with E-state index in [-0.39, 0.29) is 17.5 Å². The second-order valence-electron chi connectivity index (χ2n) is 6.43. The summed E-state index contributed by atoms with van der Waals surface area (Å²) in [6.07, 6.45) is 1.69. The molecule has 0 saturated heterocycles. The van der Waals surface area contributed by atoms with Crippen LogP contribution in [0.3, 0.4) is 0 Å². The van der Waals surface area contributed by atoms with Crippen LogP contribution in [0.5, 0.6) is 0 Å². The van der Waals surface area contributed by atoms with Gasteiger partial charge in [-0.2, -0.15) is 0 Å². The van der Waals surface area contributed by atoms with Crippen molar-refractivity contribution in [2.45, 2.75) is 30.8 Å². The predicted octanol–water partition coefficient (Wildman–Crippen LogP) is 4.84. The Morgan fingerprint density at radius 3 is 2.62 bits per heavy atom. The number of anilines is 1. The number of aromatic nitrogens is 3. The van der Waals surface area contributed by atoms with Gasteiger partial charge in [0, 0.05) is 17.8 Å². The van der Waals surface area contributed by atoms with Crippen LogP contribution >= 0.6 is 11.8 Å². The van der Waals surface area contributed by atoms with Crippen LogP contribution in [-0.4, -0.2) is 25.9 Å². The van der Waals surface area contributed by atoms with Crippen molar-refractivity contribution in [3.05, 3.63) is 72.3 Å². The first kappa shape index (κ1) is 20.7. The maximum Gasteiger partial charge on any atom is 0.237 e. The number of rotatable bonds is 7. The molecule has 0 radical (unpaired) electrons. The maximum absolute atomic E-state index is 13.7. The molecule has 8 heteroatoms. The highest BCUT2D eigenvalue weighted by Gasteiger charge is 2.21. The van der Waals surface area contributed by atoms with Gasteiger partial charge < -0.3 is 5.32 Å². The molecule has 0 spiro atoms. The molecule has 3 rings (SSSR count). The van der Waals surface area contributed by atoms with Crippen LogP contribution in [0, 0.1) is 18.6 Å². The molecular formula is C21H20F2N4OS. The lowest BCUT2D eigenvalue weighted by atomic mass is 10.2. The molecule has 0 unspecified atom stereocenters. The van der Waals surface area contributed by atoms with Crippen molar-refractivity contribution in [2.75, 3.05) is 5.32 Å². The number of carbonyl (C=O) groups is 1. The van der Waals surface area contributed by atoms with Crippen molar-refractivity contribution in [2.24, 2.45) is 0 Å². The molecule has 150 valence electrons. The van der Waals surface area contributed by atoms with Gasteiger partial charge in [-0.05, 0) is 55.8 Å². The first-order chi connectivity index (χ1) is 13.9. The molecule has 5 nitrogen and oxygen atoms in total. The highest BCUT2D eigenvalue weighted by molar-refractivity contribution is 8.00. The number of nitrogens with one attached hydrogen (secondary N) is 1. The van der Waals surface area contributed by atoms with Crippen molar-refractivity contribution >= 4 is 23.4 Å². The Morgan fingerprint density at radius 1 is 1.24 bits per heavy atom. The molecule has 0 fully saturated rings. The van der Waals surface area contributed by atoms with E-state index in [0.29, 0.717) is 34.3 Å². The second-order valence-corrected chi connectivity index (χ2v) is 7.73. The smallest absolute Gasteiger partial charge is 0.237 e. The van der Waals surface area contributed by atoms with Crippen LogP contribution in [-0.2, 0) is 11.3 Å². The molecule has 1 heterocycles. The lowest BCUT2D eigenvalue weighted by Crippen LogP contribution is -2.23. The summed E-state index contributed by atoms with van der Waals surface area (Å²) < 4.78 is 28.7. The Kier molecular flexibility index (Phi) is 6.43. The van der Waals surface area contributed by atoms with E-state index in [0.717, 1.165) is 0 Å². The molecule has 0 aliphatic rings. The standard InChI is InChI=1S/C21H20F2N4OS/c1-4-11-27-19(15-6-8-16(22)9-7-15)25-26-21(27)29-14(3)20(28)24-17-10-5-13(2)18(23)12-17/h4-10,12,14H,1,11H2,2-3H3,(H,24,28)/t14-/m1/s1. The number of amides is 1. The van der Waals surface area contributed by atoms with Gasteiger partial charge in [0.2, 0.25) is 5.91 Å². The minimum atomic E-state index is -0.506. The molecule has 3 aromatic rings. The van der Waals surface area contributed by atoms with Gasteiger partial charge in [-0.15, -0.1) is 16.8 Å². The SMILES string of the molecule is C=CCn1c(S[C@H](C)C(=O)Nc2ccc(C)c(F)c2)nnc1-c1ccc(F)cc1. The first-order valence-corrected chi connectivity index (χ1v) is 9.80. The molecule has 2 aromatic carbocycles. The highest BCUT2D eigenvalue weighted by Crippen LogP contribution is 2.28. The Bertz CT molecular complexity index is 1030. The molecule has 0 aliphatic carbocycles. The van der Waals surface area contributed by atoms with Crippen LogP contribution in [0.2, 0.25) is 0 Å². The predicted molar refractivity (Wildman–Crippen MR) is 111 cm³/mol. The fraction of sp³-hybridized carbons (Fsp3) is 0.190. The van der Waals surface area contributed by atoms with Crippen LogP contribution in [0.4, 0.5) is 14.5 Å². The summed E-state index contributed by atoms with van der Waals surface area (Å²) in [7, 11) is 0. The Labute approximate surface area is 171 Å². The lowest BCUT2D eigenvalue weighted by molar-refractivity contribution is -0.115. The third kappa shape index (κ3) is 4.89. The number of allylic oxidation sites excluding steroid dienone is 1. The largest absolute Gasteiger partial charge is 0.325 e. The molecule has 0 aliphatic heterocycles. The van der Waals surface area contributed by atoms with E-state index in [9.17, 15) is 13.6 Å². The number of hydrogen-bond donors (Lipinski definition) is 1. The third-order valence-corrected chi connectivity index (χ3v) is 5.30. The molecule has 1 N–H and O–H groups in total. The van der Waals surface area contributed by atoms with Crippen molar-refractivity contribution in [3.63, 3.8) is 0 Å². The molecular weight excluding hydrogens is 394 g/mol. The summed E-state index contributed by atoms with van der Waals surface area (Å²) >= 11 is 1.23. The van der Waals surface area contributed by atoms with E-state index in [1.54, 1.807) is 48.8 Å². The Morgan fingerprint density at radius 2 is 1.97 bits per heavy atom. The number of carbonyl (C=O) groups excluding carboxylic acids is 1. The minimum absolute atomic E-state index is 0.283. The first-order valence-electron chi connectivity index (χ1n) is 8.92. The van der Waals surface area contributed by atoms with Gasteiger partial charge in [0.15, 0.2) is 11.0 Å². The van der Waals surface area contributed by atoms with Crippen LogP contribution in [0.15, 0.2) is 60.3 Å². The zero-order chi connectivity index (χ0) is 21.0. The van der Waals surface area contributed by atoms with Gasteiger partial charge >= 0.3 is 0 Å². The fourth-order valence-corrected chi connectivity index (χ4v) is 3.47. The van der Waals surface area contributed by atoms with E-state index in [4.69, 9.17) is 0 Å². The van der Waals surface area contributed by atoms with E-state index in [2.05, 4.69) is 22.1 Å². The molecule has 0 bridgehead atoms. The minimum Gasteiger partial charge on any atom is -0.325 e. The summed E-state index contributed by atoms with van der Waals surface area (Å²) in [5.41, 5.74) is 1.61. The van der Waals surface area contributed by atoms with Crippen molar-refractivity contribution in [1.29, 1.82) is 0 Å². The van der Waals surface area contributed by atoms with Crippen molar-refractivity contribution in [1.82, 2.24) is 14.8 Å². The number of benzene rings is 2. The van der Waals surface area contributed by atoms with Gasteiger partial charge in [0.25, 0.3) is 0 Å². The van der Waals surface area contributed by atoms with E-state index in [1.807, 2.05) is 0 Å². The molecule has 29 heavy (non-hydrogen) atoms. The van der Waals surface area contributed by atoms with Gasteiger partial charge in [-0.1, -0.05) is 23.9 Å². The Hall–Kier alpha value is -3.00. The van der Waals surface area contributed by atoms with Crippen LogP contribution in [0.1, 0.15) is 12.5 Å². The van der Waals surface area contributed by atoms with Gasteiger partial charge in [-0.3, -0.25) is 9.36 Å². The highest BCUT2D eigenvalue weighted by atomic mass is 32.2. The molecule has 1 aromatic heterocycles. The quantitative estimate of drug-likeness (QED) is 0.444. The molecule has 1 atom stereocenters. The Balaban J connectivity index is 1.77. The number of nitrogens with zero attached hydrogens (tertiary/aromatic N) is 3. The molecule has 0 saturated carbocycles. The monoisotopic (exact) mass is 414 g/mol. The molecule has 1 amide bonds. The zero-order valence-electron chi connectivity index (χ0n) is 16.0. The summed E-state index contributed by atoms with van der Waals surface area (Å²) in [5.74, 6) is -0.441. The summed E-state index contributed by atoms with van der Waals surface area (Å²) in [5, 5.41) is 11.1. The number of aryl methyl sites for hydroxylation is 1. The summed E-state index contributed by atoms with van der Waals surface area (Å²) in [4.78, 5) is 12.5. The van der Waals surface area contributed by atoms with Gasteiger partial charge in [0.1, 0.15) is 11.6 Å². The van der Waals surface area contributed by atoms with E-state index < -0.39 is 5.25 Å². The number of thioether (sulfide) groups is 1. The normalized spacial score (nSPS) is 11.9. The summed E-state index contributed by atoms with van der Waals surface area (Å²) in [6.45, 7) is 7.57. The van der Waals surface area contributed by atoms with E-state index >= 15 is 0 Å². The maximum atomic E-state index is 13.7. The van der Waals surface area contributed by atoms with Crippen LogP contribution < -0.4 is 5.32 Å². The zero-order valence-corrected chi connectivity index (χ0v) is 16.8. The van der Waals surface area contributed by atoms with Crippen molar-refractivity contribution < 1.29 is 13.6 Å². The lowest BCUT2D eigenvalue weighted by Gasteiger charge is -2.13. The number of halogens is 2. The third-order valence-electron chi connectivity index (χ3n) is 4.22. The van der Waals surface area contributed by atoms with Gasteiger partial charge in [0.05, 0.1) is 5.25 Å². The van der Waals surface area contributed by atoms with Crippen LogP contribution in [0.25, 0.3) is 11.4 Å². The van der Waals surface area contributed by atoms with Gasteiger partial charge in [-0.25, -0.2) is 8.78 Å². The second kappa shape index (κ2) is 9.00.